The van der Waals surface area contributed by atoms with Crippen LogP contribution in [0.15, 0.2) is 42.5 Å². The van der Waals surface area contributed by atoms with Gasteiger partial charge >= 0.3 is 0 Å². The van der Waals surface area contributed by atoms with Crippen molar-refractivity contribution >= 4 is 27.3 Å². The van der Waals surface area contributed by atoms with Crippen LogP contribution in [0.1, 0.15) is 27.9 Å². The van der Waals surface area contributed by atoms with E-state index in [0.29, 0.717) is 12.0 Å². The van der Waals surface area contributed by atoms with E-state index in [2.05, 4.69) is 18.2 Å². The molecule has 0 spiro atoms. The van der Waals surface area contributed by atoms with Crippen LogP contribution in [0.2, 0.25) is 0 Å². The fraction of sp³-hybridized carbons (Fsp3) is 0.111. The van der Waals surface area contributed by atoms with Crippen LogP contribution in [0.3, 0.4) is 0 Å². The van der Waals surface area contributed by atoms with Crippen molar-refractivity contribution in [2.24, 2.45) is 0 Å². The van der Waals surface area contributed by atoms with Crippen molar-refractivity contribution in [3.8, 4) is 6.07 Å². The van der Waals surface area contributed by atoms with E-state index >= 15 is 0 Å². The summed E-state index contributed by atoms with van der Waals surface area (Å²) in [5.74, 6) is 0.159. The Balaban J connectivity index is 2.28. The highest BCUT2D eigenvalue weighted by atomic mass is 16.1. The van der Waals surface area contributed by atoms with E-state index < -0.39 is 0 Å². The van der Waals surface area contributed by atoms with Gasteiger partial charge in [-0.25, -0.2) is 0 Å². The maximum absolute atomic E-state index is 11.9. The van der Waals surface area contributed by atoms with Crippen molar-refractivity contribution in [3.63, 3.8) is 0 Å². The number of ketones is 1. The first-order valence-electron chi connectivity index (χ1n) is 6.70. The third kappa shape index (κ3) is 1.35. The Labute approximate surface area is 116 Å². The molecule has 0 fully saturated rings. The predicted molar refractivity (Wildman–Crippen MR) is 78.8 cm³/mol. The maximum Gasteiger partial charge on any atom is 0.163 e. The fourth-order valence-corrected chi connectivity index (χ4v) is 3.24. The minimum absolute atomic E-state index is 0.159. The quantitative estimate of drug-likeness (QED) is 0.571. The van der Waals surface area contributed by atoms with Gasteiger partial charge in [-0.15, -0.1) is 0 Å². The van der Waals surface area contributed by atoms with Crippen LogP contribution < -0.4 is 0 Å². The summed E-state index contributed by atoms with van der Waals surface area (Å²) >= 11 is 0. The number of Topliss-reactive ketones (excluding diaryl/α,β-unsaturated/α-hetero) is 1. The lowest BCUT2D eigenvalue weighted by Gasteiger charge is -2.10. The SMILES string of the molecule is N#Cc1cc2c(c3ccc4ccccc4c13)CCC2=O. The third-order valence-corrected chi connectivity index (χ3v) is 4.16. The molecule has 2 nitrogen and oxygen atoms in total. The van der Waals surface area contributed by atoms with Crippen molar-refractivity contribution in [3.05, 3.63) is 59.2 Å². The molecule has 0 aromatic heterocycles. The zero-order valence-corrected chi connectivity index (χ0v) is 10.8. The van der Waals surface area contributed by atoms with Gasteiger partial charge in [0.25, 0.3) is 0 Å². The van der Waals surface area contributed by atoms with E-state index in [-0.39, 0.29) is 5.78 Å². The van der Waals surface area contributed by atoms with Gasteiger partial charge in [0.2, 0.25) is 0 Å². The smallest absolute Gasteiger partial charge is 0.163 e. The molecule has 1 aliphatic carbocycles. The van der Waals surface area contributed by atoms with Crippen molar-refractivity contribution in [2.75, 3.05) is 0 Å². The second kappa shape index (κ2) is 3.91. The summed E-state index contributed by atoms with van der Waals surface area (Å²) < 4.78 is 0. The van der Waals surface area contributed by atoms with Crippen molar-refractivity contribution in [1.82, 2.24) is 0 Å². The molecule has 20 heavy (non-hydrogen) atoms. The van der Waals surface area contributed by atoms with Crippen LogP contribution >= 0.6 is 0 Å². The topological polar surface area (TPSA) is 40.9 Å². The first-order chi connectivity index (χ1) is 9.79. The Morgan fingerprint density at radius 1 is 1.00 bits per heavy atom. The fourth-order valence-electron chi connectivity index (χ4n) is 3.24. The molecule has 0 atom stereocenters. The van der Waals surface area contributed by atoms with Gasteiger partial charge in [-0.1, -0.05) is 36.4 Å². The number of fused-ring (bicyclic) bond motifs is 5. The number of hydrogen-bond acceptors (Lipinski definition) is 2. The number of nitrogens with zero attached hydrogens (tertiary/aromatic N) is 1. The molecule has 0 bridgehead atoms. The monoisotopic (exact) mass is 257 g/mol. The minimum Gasteiger partial charge on any atom is -0.294 e. The second-order valence-corrected chi connectivity index (χ2v) is 5.19. The molecule has 2 heteroatoms. The van der Waals surface area contributed by atoms with Crippen LogP contribution in [0.25, 0.3) is 21.5 Å². The van der Waals surface area contributed by atoms with E-state index in [1.54, 1.807) is 6.07 Å². The first kappa shape index (κ1) is 11.2. The molecule has 0 radical (unpaired) electrons. The lowest BCUT2D eigenvalue weighted by molar-refractivity contribution is 0.0994. The summed E-state index contributed by atoms with van der Waals surface area (Å²) in [5, 5.41) is 13.7. The molecule has 0 heterocycles. The van der Waals surface area contributed by atoms with Crippen molar-refractivity contribution in [1.29, 1.82) is 5.26 Å². The molecule has 0 N–H and O–H groups in total. The Hall–Kier alpha value is -2.66. The average molecular weight is 257 g/mol. The maximum atomic E-state index is 11.9. The number of rotatable bonds is 0. The Kier molecular flexibility index (Phi) is 2.19. The number of hydrogen-bond donors (Lipinski definition) is 0. The van der Waals surface area contributed by atoms with Gasteiger partial charge in [-0.2, -0.15) is 5.26 Å². The standard InChI is InChI=1S/C18H11NO/c19-10-12-9-16-14(7-8-17(16)20)15-6-5-11-3-1-2-4-13(11)18(12)15/h1-6,9H,7-8H2. The summed E-state index contributed by atoms with van der Waals surface area (Å²) in [6, 6.07) is 16.2. The van der Waals surface area contributed by atoms with Crippen LogP contribution in [0.4, 0.5) is 0 Å². The molecule has 3 aromatic rings. The molecule has 94 valence electrons. The molecular weight excluding hydrogens is 246 g/mol. The van der Waals surface area contributed by atoms with Crippen LogP contribution in [0.5, 0.6) is 0 Å². The number of nitriles is 1. The average Bonchev–Trinajstić information content (AvgIpc) is 2.87. The van der Waals surface area contributed by atoms with Gasteiger partial charge in [0.15, 0.2) is 5.78 Å². The van der Waals surface area contributed by atoms with E-state index in [0.717, 1.165) is 39.1 Å². The number of benzene rings is 3. The molecule has 0 saturated heterocycles. The van der Waals surface area contributed by atoms with Gasteiger partial charge < -0.3 is 0 Å². The summed E-state index contributed by atoms with van der Waals surface area (Å²) in [4.78, 5) is 11.9. The Morgan fingerprint density at radius 2 is 1.85 bits per heavy atom. The zero-order chi connectivity index (χ0) is 13.7. The third-order valence-electron chi connectivity index (χ3n) is 4.16. The molecule has 0 saturated carbocycles. The molecule has 1 aliphatic rings. The molecule has 0 unspecified atom stereocenters. The van der Waals surface area contributed by atoms with Gasteiger partial charge in [0.05, 0.1) is 11.6 Å². The molecule has 0 aliphatic heterocycles. The van der Waals surface area contributed by atoms with Crippen LogP contribution in [0, 0.1) is 11.3 Å². The van der Waals surface area contributed by atoms with Crippen LogP contribution in [-0.2, 0) is 6.42 Å². The molecule has 3 aromatic carbocycles. The molecule has 0 amide bonds. The van der Waals surface area contributed by atoms with Crippen molar-refractivity contribution in [2.45, 2.75) is 12.8 Å². The Morgan fingerprint density at radius 3 is 2.70 bits per heavy atom. The highest BCUT2D eigenvalue weighted by Gasteiger charge is 2.23. The lowest BCUT2D eigenvalue weighted by Crippen LogP contribution is -1.94. The van der Waals surface area contributed by atoms with Crippen molar-refractivity contribution < 1.29 is 4.79 Å². The number of aryl methyl sites for hydroxylation is 1. The first-order valence-corrected chi connectivity index (χ1v) is 6.70. The summed E-state index contributed by atoms with van der Waals surface area (Å²) in [7, 11) is 0. The van der Waals surface area contributed by atoms with Crippen LogP contribution in [-0.4, -0.2) is 5.78 Å². The van der Waals surface area contributed by atoms with Gasteiger partial charge in [0.1, 0.15) is 0 Å². The largest absolute Gasteiger partial charge is 0.294 e. The van der Waals surface area contributed by atoms with Gasteiger partial charge in [-0.3, -0.25) is 4.79 Å². The molecular formula is C18H11NO. The predicted octanol–water partition coefficient (Wildman–Crippen LogP) is 3.99. The summed E-state index contributed by atoms with van der Waals surface area (Å²) in [5.41, 5.74) is 2.45. The number of carbonyl (C=O) groups is 1. The van der Waals surface area contributed by atoms with Gasteiger partial charge in [-0.05, 0) is 34.2 Å². The lowest BCUT2D eigenvalue weighted by atomic mass is 9.92. The van der Waals surface area contributed by atoms with E-state index in [9.17, 15) is 10.1 Å². The highest BCUT2D eigenvalue weighted by Crippen LogP contribution is 2.36. The van der Waals surface area contributed by atoms with Gasteiger partial charge in [0, 0.05) is 17.4 Å². The number of carbonyl (C=O) groups excluding carboxylic acids is 1. The second-order valence-electron chi connectivity index (χ2n) is 5.19. The Bertz CT molecular complexity index is 931. The van der Waals surface area contributed by atoms with E-state index in [1.807, 2.05) is 24.3 Å². The minimum atomic E-state index is 0.159. The highest BCUT2D eigenvalue weighted by molar-refractivity contribution is 6.15. The molecule has 4 rings (SSSR count). The summed E-state index contributed by atoms with van der Waals surface area (Å²) in [6.07, 6.45) is 1.35. The zero-order valence-electron chi connectivity index (χ0n) is 10.8. The summed E-state index contributed by atoms with van der Waals surface area (Å²) in [6.45, 7) is 0. The normalized spacial score (nSPS) is 13.7. The van der Waals surface area contributed by atoms with E-state index in [1.165, 1.54) is 0 Å². The van der Waals surface area contributed by atoms with E-state index in [4.69, 9.17) is 0 Å².